The third kappa shape index (κ3) is 8.30. The molecule has 2 fully saturated rings. The Bertz CT molecular complexity index is 1030. The fourth-order valence-electron chi connectivity index (χ4n) is 5.59. The number of ether oxygens (including phenoxy) is 6. The maximum Gasteiger partial charge on any atom is 0.319 e. The second-order valence-corrected chi connectivity index (χ2v) is 11.0. The standard InChI is InChI=1S/C30H50N6O6/c1-7-39-29(5,40-8-2)21-37-27-31-23-24(25(33-27)35-17-13-11-14-18-35)32-28(34-26(23)36-19-15-12-16-20-36)38-22-30(6,41-9-3)42-10-4/h7-22H2,1-6H3. The number of fused-ring (bicyclic) bond motifs is 1. The summed E-state index contributed by atoms with van der Waals surface area (Å²) in [6, 6.07) is 0.508. The van der Waals surface area contributed by atoms with E-state index in [1.54, 1.807) is 0 Å². The van der Waals surface area contributed by atoms with Gasteiger partial charge in [-0.15, -0.1) is 0 Å². The van der Waals surface area contributed by atoms with E-state index in [-0.39, 0.29) is 25.2 Å². The maximum absolute atomic E-state index is 6.20. The van der Waals surface area contributed by atoms with Gasteiger partial charge in [0.25, 0.3) is 0 Å². The zero-order valence-electron chi connectivity index (χ0n) is 26.4. The van der Waals surface area contributed by atoms with E-state index in [0.29, 0.717) is 37.5 Å². The predicted molar refractivity (Wildman–Crippen MR) is 162 cm³/mol. The van der Waals surface area contributed by atoms with Crippen molar-refractivity contribution < 1.29 is 28.4 Å². The van der Waals surface area contributed by atoms with Crippen LogP contribution in [0.4, 0.5) is 11.6 Å². The molecule has 0 aromatic carbocycles. The van der Waals surface area contributed by atoms with Gasteiger partial charge in [-0.05, 0) is 80.1 Å². The minimum atomic E-state index is -0.912. The van der Waals surface area contributed by atoms with E-state index in [2.05, 4.69) is 9.80 Å². The molecule has 2 saturated heterocycles. The van der Waals surface area contributed by atoms with Gasteiger partial charge in [0.05, 0.1) is 0 Å². The van der Waals surface area contributed by atoms with Crippen molar-refractivity contribution >= 4 is 22.7 Å². The van der Waals surface area contributed by atoms with Crippen molar-refractivity contribution in [1.29, 1.82) is 0 Å². The minimum absolute atomic E-state index is 0.147. The third-order valence-corrected chi connectivity index (χ3v) is 7.50. The van der Waals surface area contributed by atoms with Crippen molar-refractivity contribution in [3.8, 4) is 12.0 Å². The van der Waals surface area contributed by atoms with Gasteiger partial charge < -0.3 is 38.2 Å². The lowest BCUT2D eigenvalue weighted by molar-refractivity contribution is -0.235. The molecule has 0 radical (unpaired) electrons. The van der Waals surface area contributed by atoms with Gasteiger partial charge in [0.2, 0.25) is 0 Å². The summed E-state index contributed by atoms with van der Waals surface area (Å²) in [7, 11) is 0. The van der Waals surface area contributed by atoms with Crippen LogP contribution in [0.25, 0.3) is 11.0 Å². The second-order valence-electron chi connectivity index (χ2n) is 11.0. The molecule has 0 atom stereocenters. The van der Waals surface area contributed by atoms with E-state index in [9.17, 15) is 0 Å². The van der Waals surface area contributed by atoms with Gasteiger partial charge in [-0.3, -0.25) is 0 Å². The Morgan fingerprint density at radius 3 is 1.17 bits per heavy atom. The summed E-state index contributed by atoms with van der Waals surface area (Å²) < 4.78 is 35.9. The van der Waals surface area contributed by atoms with Crippen molar-refractivity contribution in [3.05, 3.63) is 0 Å². The van der Waals surface area contributed by atoms with Crippen LogP contribution in [0, 0.1) is 0 Å². The smallest absolute Gasteiger partial charge is 0.319 e. The molecule has 0 aliphatic carbocycles. The minimum Gasteiger partial charge on any atom is -0.458 e. The van der Waals surface area contributed by atoms with E-state index < -0.39 is 11.6 Å². The first-order chi connectivity index (χ1) is 20.3. The molecular weight excluding hydrogens is 540 g/mol. The molecule has 12 heteroatoms. The monoisotopic (exact) mass is 590 g/mol. The van der Waals surface area contributed by atoms with Crippen LogP contribution < -0.4 is 19.3 Å². The van der Waals surface area contributed by atoms with Gasteiger partial charge in [0.1, 0.15) is 24.2 Å². The van der Waals surface area contributed by atoms with Crippen molar-refractivity contribution in [3.63, 3.8) is 0 Å². The van der Waals surface area contributed by atoms with Crippen molar-refractivity contribution in [2.24, 2.45) is 0 Å². The number of aromatic nitrogens is 4. The molecule has 2 aliphatic heterocycles. The molecule has 2 aliphatic rings. The maximum atomic E-state index is 6.20. The highest BCUT2D eigenvalue weighted by Gasteiger charge is 2.31. The van der Waals surface area contributed by atoms with Gasteiger partial charge in [0, 0.05) is 52.6 Å². The molecule has 4 heterocycles. The number of hydrogen-bond acceptors (Lipinski definition) is 12. The lowest BCUT2D eigenvalue weighted by Crippen LogP contribution is -2.39. The van der Waals surface area contributed by atoms with Crippen LogP contribution in [-0.2, 0) is 18.9 Å². The SMILES string of the molecule is CCOC(C)(COc1nc(N2CCCCC2)c2nc(OCC(C)(OCC)OCC)nc(N3CCCCC3)c2n1)OCC. The second kappa shape index (κ2) is 15.3. The summed E-state index contributed by atoms with van der Waals surface area (Å²) in [6.07, 6.45) is 6.73. The number of rotatable bonds is 16. The molecule has 2 aromatic rings. The Morgan fingerprint density at radius 2 is 0.857 bits per heavy atom. The Balaban J connectivity index is 1.78. The Morgan fingerprint density at radius 1 is 0.524 bits per heavy atom. The number of hydrogen-bond donors (Lipinski definition) is 0. The molecule has 0 bridgehead atoms. The average Bonchev–Trinajstić information content (AvgIpc) is 3.00. The van der Waals surface area contributed by atoms with Crippen LogP contribution in [0.15, 0.2) is 0 Å². The molecule has 0 amide bonds. The predicted octanol–water partition coefficient (Wildman–Crippen LogP) is 4.74. The van der Waals surface area contributed by atoms with Crippen molar-refractivity contribution in [1.82, 2.24) is 19.9 Å². The Kier molecular flexibility index (Phi) is 11.8. The highest BCUT2D eigenvalue weighted by Crippen LogP contribution is 2.35. The van der Waals surface area contributed by atoms with Crippen LogP contribution >= 0.6 is 0 Å². The lowest BCUT2D eigenvalue weighted by Gasteiger charge is -2.32. The van der Waals surface area contributed by atoms with E-state index in [1.165, 1.54) is 12.8 Å². The number of piperidine rings is 2. The van der Waals surface area contributed by atoms with Gasteiger partial charge in [-0.25, -0.2) is 0 Å². The molecule has 0 spiro atoms. The Hall–Kier alpha value is -2.54. The lowest BCUT2D eigenvalue weighted by atomic mass is 10.1. The molecular formula is C30H50N6O6. The summed E-state index contributed by atoms with van der Waals surface area (Å²) in [5, 5.41) is 0. The van der Waals surface area contributed by atoms with E-state index in [1.807, 2.05) is 41.5 Å². The average molecular weight is 591 g/mol. The summed E-state index contributed by atoms with van der Waals surface area (Å²) in [4.78, 5) is 24.2. The zero-order valence-corrected chi connectivity index (χ0v) is 26.4. The highest BCUT2D eigenvalue weighted by atomic mass is 16.7. The molecule has 2 aromatic heterocycles. The van der Waals surface area contributed by atoms with Crippen LogP contribution in [0.5, 0.6) is 12.0 Å². The molecule has 0 unspecified atom stereocenters. The summed E-state index contributed by atoms with van der Waals surface area (Å²) in [6.45, 7) is 17.3. The molecule has 4 rings (SSSR count). The first-order valence-corrected chi connectivity index (χ1v) is 15.7. The molecule has 236 valence electrons. The summed E-state index contributed by atoms with van der Waals surface area (Å²) in [5.74, 6) is -0.366. The molecule has 42 heavy (non-hydrogen) atoms. The van der Waals surface area contributed by atoms with Gasteiger partial charge in [0.15, 0.2) is 23.2 Å². The number of nitrogens with zero attached hydrogens (tertiary/aromatic N) is 6. The Labute approximate surface area is 250 Å². The topological polar surface area (TPSA) is 113 Å². The largest absolute Gasteiger partial charge is 0.458 e. The van der Waals surface area contributed by atoms with Gasteiger partial charge in [-0.1, -0.05) is 0 Å². The third-order valence-electron chi connectivity index (χ3n) is 7.50. The number of anilines is 2. The van der Waals surface area contributed by atoms with Crippen LogP contribution in [0.3, 0.4) is 0 Å². The van der Waals surface area contributed by atoms with E-state index in [4.69, 9.17) is 48.4 Å². The van der Waals surface area contributed by atoms with E-state index >= 15 is 0 Å². The fraction of sp³-hybridized carbons (Fsp3) is 0.800. The highest BCUT2D eigenvalue weighted by molar-refractivity contribution is 5.94. The normalized spacial score (nSPS) is 16.7. The van der Waals surface area contributed by atoms with Crippen LogP contribution in [-0.4, -0.2) is 97.3 Å². The summed E-state index contributed by atoms with van der Waals surface area (Å²) in [5.41, 5.74) is 1.31. The van der Waals surface area contributed by atoms with Crippen LogP contribution in [0.1, 0.15) is 80.1 Å². The van der Waals surface area contributed by atoms with Gasteiger partial charge in [-0.2, -0.15) is 19.9 Å². The zero-order chi connectivity index (χ0) is 30.0. The first-order valence-electron chi connectivity index (χ1n) is 15.7. The van der Waals surface area contributed by atoms with E-state index in [0.717, 1.165) is 63.5 Å². The molecule has 0 N–H and O–H groups in total. The molecule has 0 saturated carbocycles. The first kappa shape index (κ1) is 32.4. The van der Waals surface area contributed by atoms with Crippen molar-refractivity contribution in [2.75, 3.05) is 75.6 Å². The van der Waals surface area contributed by atoms with Crippen LogP contribution in [0.2, 0.25) is 0 Å². The molecule has 12 nitrogen and oxygen atoms in total. The fourth-order valence-corrected chi connectivity index (χ4v) is 5.59. The quantitative estimate of drug-likeness (QED) is 0.252. The van der Waals surface area contributed by atoms with Crippen molar-refractivity contribution in [2.45, 2.75) is 91.6 Å². The van der Waals surface area contributed by atoms with Gasteiger partial charge >= 0.3 is 12.0 Å². The summed E-state index contributed by atoms with van der Waals surface area (Å²) >= 11 is 0.